The predicted molar refractivity (Wildman–Crippen MR) is 64.7 cm³/mol. The van der Waals surface area contributed by atoms with Crippen LogP contribution in [0, 0.1) is 13.8 Å². The highest BCUT2D eigenvalue weighted by Crippen LogP contribution is 2.12. The van der Waals surface area contributed by atoms with Gasteiger partial charge in [-0.25, -0.2) is 9.97 Å². The van der Waals surface area contributed by atoms with Crippen LogP contribution in [-0.4, -0.2) is 28.9 Å². The van der Waals surface area contributed by atoms with Crippen molar-refractivity contribution in [3.63, 3.8) is 0 Å². The smallest absolute Gasteiger partial charge is 0.132 e. The molecule has 0 radical (unpaired) electrons. The van der Waals surface area contributed by atoms with Crippen LogP contribution in [0.4, 0.5) is 5.82 Å². The minimum absolute atomic E-state index is 0.627. The van der Waals surface area contributed by atoms with Crippen LogP contribution < -0.4 is 4.90 Å². The number of anilines is 1. The topological polar surface area (TPSA) is 29.0 Å². The molecule has 1 heterocycles. The maximum absolute atomic E-state index is 5.78. The van der Waals surface area contributed by atoms with Gasteiger partial charge in [0.25, 0.3) is 0 Å². The Bertz CT molecular complexity index is 288. The molecule has 1 aromatic rings. The van der Waals surface area contributed by atoms with E-state index in [2.05, 4.69) is 21.8 Å². The first-order chi connectivity index (χ1) is 7.17. The lowest BCUT2D eigenvalue weighted by atomic mass is 10.3. The summed E-state index contributed by atoms with van der Waals surface area (Å²) in [5.41, 5.74) is 1.01. The molecule has 0 saturated carbocycles. The molecule has 0 aromatic carbocycles. The number of aryl methyl sites for hydroxylation is 2. The predicted octanol–water partition coefficient (Wildman–Crippen LogP) is 2.55. The van der Waals surface area contributed by atoms with Crippen molar-refractivity contribution in [1.82, 2.24) is 9.97 Å². The molecule has 0 saturated heterocycles. The normalized spacial score (nSPS) is 10.4. The molecule has 0 N–H and O–H groups in total. The van der Waals surface area contributed by atoms with Gasteiger partial charge < -0.3 is 4.90 Å². The first kappa shape index (κ1) is 12.2. The standard InChI is InChI=1S/C11H18ClN3/c1-4-6-15(7-5-12)11-8-9(2)13-10(3)14-11/h8H,4-7H2,1-3H3. The van der Waals surface area contributed by atoms with Gasteiger partial charge in [0, 0.05) is 30.7 Å². The van der Waals surface area contributed by atoms with E-state index in [1.54, 1.807) is 0 Å². The molecule has 0 fully saturated rings. The summed E-state index contributed by atoms with van der Waals surface area (Å²) < 4.78 is 0. The monoisotopic (exact) mass is 227 g/mol. The van der Waals surface area contributed by atoms with Gasteiger partial charge in [-0.1, -0.05) is 6.92 Å². The van der Waals surface area contributed by atoms with Gasteiger partial charge in [0.05, 0.1) is 0 Å². The van der Waals surface area contributed by atoms with E-state index in [-0.39, 0.29) is 0 Å². The van der Waals surface area contributed by atoms with Gasteiger partial charge >= 0.3 is 0 Å². The largest absolute Gasteiger partial charge is 0.355 e. The van der Waals surface area contributed by atoms with Gasteiger partial charge in [-0.2, -0.15) is 0 Å². The van der Waals surface area contributed by atoms with E-state index >= 15 is 0 Å². The third-order valence-corrected chi connectivity index (χ3v) is 2.29. The van der Waals surface area contributed by atoms with E-state index in [1.165, 1.54) is 0 Å². The molecule has 1 rings (SSSR count). The van der Waals surface area contributed by atoms with E-state index in [1.807, 2.05) is 19.9 Å². The van der Waals surface area contributed by atoms with Crippen molar-refractivity contribution >= 4 is 17.4 Å². The van der Waals surface area contributed by atoms with Gasteiger partial charge in [-0.3, -0.25) is 0 Å². The third-order valence-electron chi connectivity index (χ3n) is 2.12. The Morgan fingerprint density at radius 2 is 2.00 bits per heavy atom. The molecule has 15 heavy (non-hydrogen) atoms. The molecular formula is C11H18ClN3. The molecular weight excluding hydrogens is 210 g/mol. The highest BCUT2D eigenvalue weighted by atomic mass is 35.5. The summed E-state index contributed by atoms with van der Waals surface area (Å²) in [5.74, 6) is 2.44. The first-order valence-corrected chi connectivity index (χ1v) is 5.84. The lowest BCUT2D eigenvalue weighted by Crippen LogP contribution is -2.27. The SMILES string of the molecule is CCCN(CCCl)c1cc(C)nc(C)n1. The van der Waals surface area contributed by atoms with Crippen LogP contribution >= 0.6 is 11.6 Å². The average Bonchev–Trinajstić information content (AvgIpc) is 2.16. The summed E-state index contributed by atoms with van der Waals surface area (Å²) in [6.45, 7) is 7.89. The summed E-state index contributed by atoms with van der Waals surface area (Å²) in [6.07, 6.45) is 1.10. The second kappa shape index (κ2) is 5.91. The molecule has 0 spiro atoms. The van der Waals surface area contributed by atoms with Crippen molar-refractivity contribution in [2.75, 3.05) is 23.9 Å². The number of rotatable bonds is 5. The maximum Gasteiger partial charge on any atom is 0.132 e. The number of halogens is 1. The number of hydrogen-bond donors (Lipinski definition) is 0. The van der Waals surface area contributed by atoms with Crippen molar-refractivity contribution in [3.8, 4) is 0 Å². The molecule has 1 aromatic heterocycles. The maximum atomic E-state index is 5.78. The fraction of sp³-hybridized carbons (Fsp3) is 0.636. The summed E-state index contributed by atoms with van der Waals surface area (Å²) in [5, 5.41) is 0. The zero-order valence-corrected chi connectivity index (χ0v) is 10.4. The Morgan fingerprint density at radius 3 is 2.53 bits per heavy atom. The van der Waals surface area contributed by atoms with Gasteiger partial charge in [0.1, 0.15) is 11.6 Å². The molecule has 0 aliphatic carbocycles. The zero-order chi connectivity index (χ0) is 11.3. The fourth-order valence-corrected chi connectivity index (χ4v) is 1.78. The van der Waals surface area contributed by atoms with E-state index < -0.39 is 0 Å². The van der Waals surface area contributed by atoms with E-state index in [0.717, 1.165) is 36.8 Å². The van der Waals surface area contributed by atoms with E-state index in [9.17, 15) is 0 Å². The van der Waals surface area contributed by atoms with E-state index in [4.69, 9.17) is 11.6 Å². The van der Waals surface area contributed by atoms with Crippen molar-refractivity contribution in [2.24, 2.45) is 0 Å². The number of nitrogens with zero attached hydrogens (tertiary/aromatic N) is 3. The first-order valence-electron chi connectivity index (χ1n) is 5.30. The minimum Gasteiger partial charge on any atom is -0.355 e. The Balaban J connectivity index is 2.88. The Hall–Kier alpha value is -0.830. The second-order valence-electron chi connectivity index (χ2n) is 3.59. The van der Waals surface area contributed by atoms with Gasteiger partial charge in [0.2, 0.25) is 0 Å². The summed E-state index contributed by atoms with van der Waals surface area (Å²) >= 11 is 5.78. The molecule has 0 aliphatic rings. The van der Waals surface area contributed by atoms with Crippen LogP contribution in [0.1, 0.15) is 24.9 Å². The van der Waals surface area contributed by atoms with Crippen molar-refractivity contribution in [1.29, 1.82) is 0 Å². The van der Waals surface area contributed by atoms with Gasteiger partial charge in [-0.15, -0.1) is 11.6 Å². The lowest BCUT2D eigenvalue weighted by Gasteiger charge is -2.22. The van der Waals surface area contributed by atoms with Crippen molar-refractivity contribution in [3.05, 3.63) is 17.6 Å². The van der Waals surface area contributed by atoms with Crippen LogP contribution in [0.5, 0.6) is 0 Å². The minimum atomic E-state index is 0.627. The van der Waals surface area contributed by atoms with Crippen LogP contribution in [0.15, 0.2) is 6.07 Å². The van der Waals surface area contributed by atoms with Crippen molar-refractivity contribution in [2.45, 2.75) is 27.2 Å². The third kappa shape index (κ3) is 3.67. The van der Waals surface area contributed by atoms with Crippen LogP contribution in [0.2, 0.25) is 0 Å². The summed E-state index contributed by atoms with van der Waals surface area (Å²) in [6, 6.07) is 2.01. The zero-order valence-electron chi connectivity index (χ0n) is 9.63. The quantitative estimate of drug-likeness (QED) is 0.724. The summed E-state index contributed by atoms with van der Waals surface area (Å²) in [4.78, 5) is 10.9. The number of hydrogen-bond acceptors (Lipinski definition) is 3. The molecule has 4 heteroatoms. The average molecular weight is 228 g/mol. The Labute approximate surface area is 96.5 Å². The van der Waals surface area contributed by atoms with Crippen LogP contribution in [-0.2, 0) is 0 Å². The Morgan fingerprint density at radius 1 is 1.27 bits per heavy atom. The second-order valence-corrected chi connectivity index (χ2v) is 3.97. The number of alkyl halides is 1. The summed E-state index contributed by atoms with van der Waals surface area (Å²) in [7, 11) is 0. The molecule has 0 bridgehead atoms. The van der Waals surface area contributed by atoms with Gasteiger partial charge in [-0.05, 0) is 20.3 Å². The highest BCUT2D eigenvalue weighted by molar-refractivity contribution is 6.18. The van der Waals surface area contributed by atoms with Crippen LogP contribution in [0.25, 0.3) is 0 Å². The Kier molecular flexibility index (Phi) is 4.82. The highest BCUT2D eigenvalue weighted by Gasteiger charge is 2.07. The van der Waals surface area contributed by atoms with E-state index in [0.29, 0.717) is 5.88 Å². The molecule has 3 nitrogen and oxygen atoms in total. The lowest BCUT2D eigenvalue weighted by molar-refractivity contribution is 0.773. The number of aromatic nitrogens is 2. The molecule has 0 unspecified atom stereocenters. The molecule has 0 atom stereocenters. The fourth-order valence-electron chi connectivity index (χ4n) is 1.57. The van der Waals surface area contributed by atoms with Crippen LogP contribution in [0.3, 0.4) is 0 Å². The van der Waals surface area contributed by atoms with Gasteiger partial charge in [0.15, 0.2) is 0 Å². The van der Waals surface area contributed by atoms with Crippen molar-refractivity contribution < 1.29 is 0 Å². The molecule has 0 amide bonds. The molecule has 0 aliphatic heterocycles. The molecule has 84 valence electrons.